The van der Waals surface area contributed by atoms with E-state index >= 15 is 0 Å². The zero-order valence-electron chi connectivity index (χ0n) is 13.0. The largest absolute Gasteiger partial charge is 0.368 e. The Morgan fingerprint density at radius 1 is 1.10 bits per heavy atom. The van der Waals surface area contributed by atoms with Crippen LogP contribution in [0.4, 0.5) is 5.69 Å². The molecule has 21 heavy (non-hydrogen) atoms. The van der Waals surface area contributed by atoms with Crippen LogP contribution in [0.5, 0.6) is 0 Å². The van der Waals surface area contributed by atoms with Crippen LogP contribution in [0.2, 0.25) is 0 Å². The zero-order valence-corrected chi connectivity index (χ0v) is 13.0. The Bertz CT molecular complexity index is 623. The van der Waals surface area contributed by atoms with Crippen LogP contribution >= 0.6 is 0 Å². The predicted molar refractivity (Wildman–Crippen MR) is 90.8 cm³/mol. The van der Waals surface area contributed by atoms with Gasteiger partial charge in [0.15, 0.2) is 0 Å². The van der Waals surface area contributed by atoms with E-state index in [2.05, 4.69) is 60.2 Å². The summed E-state index contributed by atoms with van der Waals surface area (Å²) in [6.45, 7) is 6.21. The molecule has 0 aliphatic carbocycles. The third kappa shape index (κ3) is 2.63. The lowest BCUT2D eigenvalue weighted by Crippen LogP contribution is -2.51. The first kappa shape index (κ1) is 14.4. The van der Waals surface area contributed by atoms with Crippen molar-refractivity contribution in [1.29, 1.82) is 0 Å². The van der Waals surface area contributed by atoms with Gasteiger partial charge in [0, 0.05) is 43.3 Å². The normalized spacial score (nSPS) is 20.1. The Morgan fingerprint density at radius 2 is 1.86 bits per heavy atom. The summed E-state index contributed by atoms with van der Waals surface area (Å²) in [5.41, 5.74) is 8.47. The number of benzene rings is 2. The number of anilines is 1. The molecule has 1 aliphatic heterocycles. The van der Waals surface area contributed by atoms with Gasteiger partial charge in [0.2, 0.25) is 0 Å². The molecule has 2 aromatic carbocycles. The van der Waals surface area contributed by atoms with Crippen molar-refractivity contribution in [2.75, 3.05) is 31.6 Å². The van der Waals surface area contributed by atoms with E-state index < -0.39 is 0 Å². The number of fused-ring (bicyclic) bond motifs is 1. The standard InChI is InChI=1S/C18H25N3/c1-3-15-13-21(11-10-20(15)2)18-9-8-14(12-19)16-6-4-5-7-17(16)18/h4-9,15H,3,10-13,19H2,1-2H3. The molecule has 0 radical (unpaired) electrons. The number of hydrogen-bond donors (Lipinski definition) is 1. The van der Waals surface area contributed by atoms with Crippen molar-refractivity contribution in [1.82, 2.24) is 4.90 Å². The van der Waals surface area contributed by atoms with Gasteiger partial charge < -0.3 is 10.6 Å². The first-order valence-corrected chi connectivity index (χ1v) is 7.90. The summed E-state index contributed by atoms with van der Waals surface area (Å²) in [5.74, 6) is 0. The molecule has 1 saturated heterocycles. The minimum absolute atomic E-state index is 0.598. The molecule has 1 heterocycles. The number of nitrogens with zero attached hydrogens (tertiary/aromatic N) is 2. The predicted octanol–water partition coefficient (Wildman–Crippen LogP) is 2.83. The van der Waals surface area contributed by atoms with Gasteiger partial charge >= 0.3 is 0 Å². The summed E-state index contributed by atoms with van der Waals surface area (Å²) in [6.07, 6.45) is 1.20. The van der Waals surface area contributed by atoms with Gasteiger partial charge in [-0.3, -0.25) is 4.90 Å². The quantitative estimate of drug-likeness (QED) is 0.940. The van der Waals surface area contributed by atoms with Crippen LogP contribution in [-0.4, -0.2) is 37.6 Å². The number of piperazine rings is 1. The molecule has 1 unspecified atom stereocenters. The third-order valence-corrected chi connectivity index (χ3v) is 4.80. The molecule has 1 aliphatic rings. The van der Waals surface area contributed by atoms with Gasteiger partial charge in [0.05, 0.1) is 0 Å². The van der Waals surface area contributed by atoms with Crippen molar-refractivity contribution in [3.05, 3.63) is 42.0 Å². The highest BCUT2D eigenvalue weighted by atomic mass is 15.3. The van der Waals surface area contributed by atoms with Crippen LogP contribution in [0.1, 0.15) is 18.9 Å². The van der Waals surface area contributed by atoms with Crippen molar-refractivity contribution >= 4 is 16.5 Å². The maximum Gasteiger partial charge on any atom is 0.0447 e. The van der Waals surface area contributed by atoms with Crippen molar-refractivity contribution in [2.24, 2.45) is 5.73 Å². The summed E-state index contributed by atoms with van der Waals surface area (Å²) >= 11 is 0. The molecule has 3 heteroatoms. The molecule has 2 aromatic rings. The van der Waals surface area contributed by atoms with Gasteiger partial charge in [-0.05, 0) is 30.5 Å². The Hall–Kier alpha value is -1.58. The molecule has 1 atom stereocenters. The van der Waals surface area contributed by atoms with E-state index in [0.717, 1.165) is 19.6 Å². The molecular formula is C18H25N3. The number of rotatable bonds is 3. The Kier molecular flexibility index (Phi) is 4.13. The van der Waals surface area contributed by atoms with E-state index in [1.807, 2.05) is 0 Å². The lowest BCUT2D eigenvalue weighted by atomic mass is 10.0. The molecule has 3 nitrogen and oxygen atoms in total. The second-order valence-electron chi connectivity index (χ2n) is 5.98. The molecule has 1 fully saturated rings. The average molecular weight is 283 g/mol. The van der Waals surface area contributed by atoms with Gasteiger partial charge in [-0.1, -0.05) is 37.3 Å². The van der Waals surface area contributed by atoms with E-state index in [0.29, 0.717) is 12.6 Å². The van der Waals surface area contributed by atoms with Gasteiger partial charge in [0.25, 0.3) is 0 Å². The first-order chi connectivity index (χ1) is 10.2. The number of nitrogens with two attached hydrogens (primary N) is 1. The fourth-order valence-electron chi connectivity index (χ4n) is 3.40. The smallest absolute Gasteiger partial charge is 0.0447 e. The van der Waals surface area contributed by atoms with Crippen molar-refractivity contribution in [3.63, 3.8) is 0 Å². The summed E-state index contributed by atoms with van der Waals surface area (Å²) in [4.78, 5) is 5.02. The van der Waals surface area contributed by atoms with Gasteiger partial charge in [-0.15, -0.1) is 0 Å². The SMILES string of the molecule is CCC1CN(c2ccc(CN)c3ccccc23)CCN1C. The Labute approximate surface area is 127 Å². The molecule has 0 saturated carbocycles. The van der Waals surface area contributed by atoms with Crippen LogP contribution in [0.3, 0.4) is 0 Å². The minimum Gasteiger partial charge on any atom is -0.368 e. The summed E-state index contributed by atoms with van der Waals surface area (Å²) in [5, 5.41) is 2.63. The summed E-state index contributed by atoms with van der Waals surface area (Å²) in [7, 11) is 2.24. The van der Waals surface area contributed by atoms with E-state index in [4.69, 9.17) is 5.73 Å². The average Bonchev–Trinajstić information content (AvgIpc) is 2.54. The summed E-state index contributed by atoms with van der Waals surface area (Å²) in [6, 6.07) is 13.7. The molecule has 112 valence electrons. The second-order valence-corrected chi connectivity index (χ2v) is 5.98. The van der Waals surface area contributed by atoms with E-state index in [1.165, 1.54) is 28.4 Å². The number of likely N-dealkylation sites (N-methyl/N-ethyl adjacent to an activating group) is 1. The Balaban J connectivity index is 2.01. The maximum absolute atomic E-state index is 5.89. The summed E-state index contributed by atoms with van der Waals surface area (Å²) < 4.78 is 0. The van der Waals surface area contributed by atoms with Crippen molar-refractivity contribution < 1.29 is 0 Å². The van der Waals surface area contributed by atoms with Crippen LogP contribution < -0.4 is 10.6 Å². The van der Waals surface area contributed by atoms with Crippen molar-refractivity contribution in [2.45, 2.75) is 25.9 Å². The third-order valence-electron chi connectivity index (χ3n) is 4.80. The van der Waals surface area contributed by atoms with Gasteiger partial charge in [-0.2, -0.15) is 0 Å². The van der Waals surface area contributed by atoms with Crippen LogP contribution in [-0.2, 0) is 6.54 Å². The zero-order chi connectivity index (χ0) is 14.8. The molecular weight excluding hydrogens is 258 g/mol. The lowest BCUT2D eigenvalue weighted by Gasteiger charge is -2.40. The van der Waals surface area contributed by atoms with Crippen LogP contribution in [0.15, 0.2) is 36.4 Å². The highest BCUT2D eigenvalue weighted by Gasteiger charge is 2.24. The minimum atomic E-state index is 0.598. The van der Waals surface area contributed by atoms with Crippen LogP contribution in [0.25, 0.3) is 10.8 Å². The van der Waals surface area contributed by atoms with Gasteiger partial charge in [-0.25, -0.2) is 0 Å². The topological polar surface area (TPSA) is 32.5 Å². The van der Waals surface area contributed by atoms with E-state index in [9.17, 15) is 0 Å². The monoisotopic (exact) mass is 283 g/mol. The van der Waals surface area contributed by atoms with Crippen molar-refractivity contribution in [3.8, 4) is 0 Å². The molecule has 2 N–H and O–H groups in total. The highest BCUT2D eigenvalue weighted by molar-refractivity contribution is 5.96. The highest BCUT2D eigenvalue weighted by Crippen LogP contribution is 2.31. The first-order valence-electron chi connectivity index (χ1n) is 7.90. The molecule has 0 spiro atoms. The molecule has 0 amide bonds. The molecule has 0 aromatic heterocycles. The number of hydrogen-bond acceptors (Lipinski definition) is 3. The fraction of sp³-hybridized carbons (Fsp3) is 0.444. The van der Waals surface area contributed by atoms with E-state index in [-0.39, 0.29) is 0 Å². The van der Waals surface area contributed by atoms with Gasteiger partial charge in [0.1, 0.15) is 0 Å². The van der Waals surface area contributed by atoms with E-state index in [1.54, 1.807) is 0 Å². The molecule has 0 bridgehead atoms. The maximum atomic E-state index is 5.89. The van der Waals surface area contributed by atoms with Crippen LogP contribution in [0, 0.1) is 0 Å². The second kappa shape index (κ2) is 6.04. The molecule has 3 rings (SSSR count). The Morgan fingerprint density at radius 3 is 2.57 bits per heavy atom. The fourth-order valence-corrected chi connectivity index (χ4v) is 3.40. The lowest BCUT2D eigenvalue weighted by molar-refractivity contribution is 0.213.